The summed E-state index contributed by atoms with van der Waals surface area (Å²) < 4.78 is 10.1. The van der Waals surface area contributed by atoms with Crippen LogP contribution >= 0.6 is 0 Å². The highest BCUT2D eigenvalue weighted by Gasteiger charge is 2.18. The molecule has 1 aromatic carbocycles. The van der Waals surface area contributed by atoms with E-state index in [-0.39, 0.29) is 25.4 Å². The fourth-order valence-electron chi connectivity index (χ4n) is 2.58. The summed E-state index contributed by atoms with van der Waals surface area (Å²) in [7, 11) is 0. The fraction of sp³-hybridized carbons (Fsp3) is 0.550. The van der Waals surface area contributed by atoms with Gasteiger partial charge in [0, 0.05) is 12.1 Å². The lowest BCUT2D eigenvalue weighted by Crippen LogP contribution is -2.33. The Labute approximate surface area is 155 Å². The molecule has 0 aliphatic carbocycles. The smallest absolute Gasteiger partial charge is 0.407 e. The number of Topliss-reactive ketones (excluding diaryl/α,β-unsaturated/α-hetero) is 1. The molecule has 1 N–H and O–H groups in total. The van der Waals surface area contributed by atoms with Gasteiger partial charge in [-0.05, 0) is 70.7 Å². The highest BCUT2D eigenvalue weighted by Crippen LogP contribution is 2.22. The molecule has 6 nitrogen and oxygen atoms in total. The van der Waals surface area contributed by atoms with E-state index in [0.717, 1.165) is 22.3 Å². The van der Waals surface area contributed by atoms with Gasteiger partial charge in [0.05, 0.1) is 6.42 Å². The number of carbonyl (C=O) groups is 3. The second kappa shape index (κ2) is 8.83. The zero-order valence-corrected chi connectivity index (χ0v) is 16.7. The first kappa shape index (κ1) is 21.7. The maximum atomic E-state index is 12.4. The van der Waals surface area contributed by atoms with Crippen LogP contribution < -0.4 is 5.32 Å². The SMILES string of the molecule is Cc1cc(C)c(C(=O)COC(=O)CCNC(=O)OC(C)(C)C)c(C)c1C. The average Bonchev–Trinajstić information content (AvgIpc) is 2.49. The predicted octanol–water partition coefficient (Wildman–Crippen LogP) is 3.56. The van der Waals surface area contributed by atoms with Crippen molar-refractivity contribution in [2.24, 2.45) is 0 Å². The molecule has 0 unspecified atom stereocenters. The van der Waals surface area contributed by atoms with Gasteiger partial charge in [-0.2, -0.15) is 0 Å². The number of alkyl carbamates (subject to hydrolysis) is 1. The van der Waals surface area contributed by atoms with E-state index in [9.17, 15) is 14.4 Å². The van der Waals surface area contributed by atoms with E-state index in [4.69, 9.17) is 9.47 Å². The van der Waals surface area contributed by atoms with Crippen molar-refractivity contribution in [3.05, 3.63) is 33.9 Å². The molecule has 0 atom stereocenters. The van der Waals surface area contributed by atoms with Crippen molar-refractivity contribution in [2.75, 3.05) is 13.2 Å². The second-order valence-electron chi connectivity index (χ2n) is 7.40. The molecular formula is C20H29NO5. The third-order valence-corrected chi connectivity index (χ3v) is 4.00. The maximum Gasteiger partial charge on any atom is 0.407 e. The molecular weight excluding hydrogens is 334 g/mol. The molecule has 1 aromatic rings. The summed E-state index contributed by atoms with van der Waals surface area (Å²) in [6.07, 6.45) is -0.625. The van der Waals surface area contributed by atoms with E-state index < -0.39 is 17.7 Å². The largest absolute Gasteiger partial charge is 0.457 e. The summed E-state index contributed by atoms with van der Waals surface area (Å²) in [4.78, 5) is 35.7. The van der Waals surface area contributed by atoms with Gasteiger partial charge in [0.2, 0.25) is 5.78 Å². The minimum Gasteiger partial charge on any atom is -0.457 e. The standard InChI is InChI=1S/C20H29NO5/c1-12-10-13(2)18(15(4)14(12)3)16(22)11-25-17(23)8-9-21-19(24)26-20(5,6)7/h10H,8-9,11H2,1-7H3,(H,21,24). The number of nitrogens with one attached hydrogen (secondary N) is 1. The average molecular weight is 363 g/mol. The number of hydrogen-bond acceptors (Lipinski definition) is 5. The first-order chi connectivity index (χ1) is 11.9. The molecule has 144 valence electrons. The summed E-state index contributed by atoms with van der Waals surface area (Å²) >= 11 is 0. The Kier molecular flexibility index (Phi) is 7.36. The third-order valence-electron chi connectivity index (χ3n) is 4.00. The van der Waals surface area contributed by atoms with Gasteiger partial charge in [-0.25, -0.2) is 4.79 Å². The number of aryl methyl sites for hydroxylation is 2. The number of hydrogen-bond donors (Lipinski definition) is 1. The van der Waals surface area contributed by atoms with Gasteiger partial charge in [0.1, 0.15) is 5.60 Å². The van der Waals surface area contributed by atoms with Gasteiger partial charge < -0.3 is 14.8 Å². The van der Waals surface area contributed by atoms with E-state index in [1.807, 2.05) is 33.8 Å². The summed E-state index contributed by atoms with van der Waals surface area (Å²) in [5.41, 5.74) is 3.98. The number of amides is 1. The molecule has 0 saturated carbocycles. The van der Waals surface area contributed by atoms with Crippen LogP contribution in [-0.2, 0) is 14.3 Å². The molecule has 1 rings (SSSR count). The highest BCUT2D eigenvalue weighted by molar-refractivity contribution is 6.00. The van der Waals surface area contributed by atoms with E-state index >= 15 is 0 Å². The van der Waals surface area contributed by atoms with Crippen LogP contribution in [0.4, 0.5) is 4.79 Å². The van der Waals surface area contributed by atoms with E-state index in [1.54, 1.807) is 20.8 Å². The normalized spacial score (nSPS) is 11.0. The lowest BCUT2D eigenvalue weighted by Gasteiger charge is -2.19. The van der Waals surface area contributed by atoms with Crippen molar-refractivity contribution < 1.29 is 23.9 Å². The second-order valence-corrected chi connectivity index (χ2v) is 7.40. The van der Waals surface area contributed by atoms with Gasteiger partial charge >= 0.3 is 12.1 Å². The topological polar surface area (TPSA) is 81.7 Å². The molecule has 26 heavy (non-hydrogen) atoms. The summed E-state index contributed by atoms with van der Waals surface area (Å²) in [5.74, 6) is -0.773. The van der Waals surface area contributed by atoms with Crippen LogP contribution in [0.25, 0.3) is 0 Å². The van der Waals surface area contributed by atoms with Crippen LogP contribution in [0.3, 0.4) is 0 Å². The molecule has 0 saturated heterocycles. The third kappa shape index (κ3) is 6.50. The first-order valence-electron chi connectivity index (χ1n) is 8.65. The van der Waals surface area contributed by atoms with Crippen LogP contribution in [0.5, 0.6) is 0 Å². The number of esters is 1. The molecule has 0 fully saturated rings. The summed E-state index contributed by atoms with van der Waals surface area (Å²) in [6, 6.07) is 1.96. The van der Waals surface area contributed by atoms with Gasteiger partial charge in [0.25, 0.3) is 0 Å². The molecule has 0 spiro atoms. The minimum absolute atomic E-state index is 0.0303. The molecule has 0 heterocycles. The van der Waals surface area contributed by atoms with E-state index in [2.05, 4.69) is 5.32 Å². The Hall–Kier alpha value is -2.37. The molecule has 6 heteroatoms. The van der Waals surface area contributed by atoms with Crippen LogP contribution in [0.2, 0.25) is 0 Å². The van der Waals surface area contributed by atoms with Gasteiger partial charge in [0.15, 0.2) is 6.61 Å². The molecule has 0 radical (unpaired) electrons. The number of benzene rings is 1. The highest BCUT2D eigenvalue weighted by atomic mass is 16.6. The molecule has 0 aliphatic rings. The summed E-state index contributed by atoms with van der Waals surface area (Å²) in [5, 5.41) is 2.47. The number of ketones is 1. The predicted molar refractivity (Wildman–Crippen MR) is 99.5 cm³/mol. The van der Waals surface area contributed by atoms with Crippen molar-refractivity contribution in [3.63, 3.8) is 0 Å². The zero-order chi connectivity index (χ0) is 20.1. The monoisotopic (exact) mass is 363 g/mol. The van der Waals surface area contributed by atoms with Crippen molar-refractivity contribution in [1.29, 1.82) is 0 Å². The molecule has 0 bridgehead atoms. The van der Waals surface area contributed by atoms with Gasteiger partial charge in [-0.15, -0.1) is 0 Å². The lowest BCUT2D eigenvalue weighted by atomic mass is 9.92. The number of ether oxygens (including phenoxy) is 2. The van der Waals surface area contributed by atoms with Crippen LogP contribution in [0.1, 0.15) is 59.8 Å². The Balaban J connectivity index is 2.50. The molecule has 1 amide bonds. The Bertz CT molecular complexity index is 701. The van der Waals surface area contributed by atoms with E-state index in [1.165, 1.54) is 0 Å². The minimum atomic E-state index is -0.598. The van der Waals surface area contributed by atoms with Gasteiger partial charge in [-0.3, -0.25) is 9.59 Å². The van der Waals surface area contributed by atoms with Crippen molar-refractivity contribution in [2.45, 2.75) is 60.5 Å². The molecule has 0 aromatic heterocycles. The van der Waals surface area contributed by atoms with Gasteiger partial charge in [-0.1, -0.05) is 6.07 Å². The molecule has 0 aliphatic heterocycles. The summed E-state index contributed by atoms with van der Waals surface area (Å²) in [6.45, 7) is 12.8. The Morgan fingerprint density at radius 2 is 1.62 bits per heavy atom. The van der Waals surface area contributed by atoms with Crippen LogP contribution in [-0.4, -0.2) is 36.6 Å². The van der Waals surface area contributed by atoms with E-state index in [0.29, 0.717) is 5.56 Å². The number of rotatable bonds is 6. The number of carbonyl (C=O) groups excluding carboxylic acids is 3. The maximum absolute atomic E-state index is 12.4. The van der Waals surface area contributed by atoms with Crippen LogP contribution in [0.15, 0.2) is 6.07 Å². The Morgan fingerprint density at radius 1 is 1.00 bits per heavy atom. The quantitative estimate of drug-likeness (QED) is 0.617. The zero-order valence-electron chi connectivity index (χ0n) is 16.7. The van der Waals surface area contributed by atoms with Crippen molar-refractivity contribution in [3.8, 4) is 0 Å². The lowest BCUT2D eigenvalue weighted by molar-refractivity contribution is -0.142. The van der Waals surface area contributed by atoms with Crippen LogP contribution in [0, 0.1) is 27.7 Å². The fourth-order valence-corrected chi connectivity index (χ4v) is 2.58. The van der Waals surface area contributed by atoms with Crippen molar-refractivity contribution >= 4 is 17.8 Å². The van der Waals surface area contributed by atoms with Crippen molar-refractivity contribution in [1.82, 2.24) is 5.32 Å². The first-order valence-corrected chi connectivity index (χ1v) is 8.65. The Morgan fingerprint density at radius 3 is 2.19 bits per heavy atom.